The van der Waals surface area contributed by atoms with Crippen molar-refractivity contribution in [1.29, 1.82) is 0 Å². The van der Waals surface area contributed by atoms with Crippen LogP contribution in [0.4, 0.5) is 0 Å². The Morgan fingerprint density at radius 2 is 1.76 bits per heavy atom. The molecule has 1 fully saturated rings. The summed E-state index contributed by atoms with van der Waals surface area (Å²) in [6, 6.07) is 14.0. The summed E-state index contributed by atoms with van der Waals surface area (Å²) in [5.41, 5.74) is 8.62. The summed E-state index contributed by atoms with van der Waals surface area (Å²) < 4.78 is 0. The highest BCUT2D eigenvalue weighted by Crippen LogP contribution is 2.30. The van der Waals surface area contributed by atoms with Gasteiger partial charge in [-0.3, -0.25) is 0 Å². The molecule has 17 heavy (non-hydrogen) atoms. The zero-order valence-corrected chi connectivity index (χ0v) is 10.3. The molecule has 88 valence electrons. The van der Waals surface area contributed by atoms with Crippen LogP contribution in [0.5, 0.6) is 0 Å². The second-order valence-corrected chi connectivity index (χ2v) is 5.49. The van der Waals surface area contributed by atoms with E-state index in [2.05, 4.69) is 43.3 Å². The van der Waals surface area contributed by atoms with Crippen LogP contribution in [0.15, 0.2) is 36.4 Å². The maximum absolute atomic E-state index is 5.83. The van der Waals surface area contributed by atoms with Crippen molar-refractivity contribution in [2.75, 3.05) is 0 Å². The number of benzene rings is 2. The quantitative estimate of drug-likeness (QED) is 0.832. The Hall–Kier alpha value is -1.34. The van der Waals surface area contributed by atoms with Crippen molar-refractivity contribution in [2.24, 2.45) is 11.7 Å². The average molecular weight is 225 g/mol. The molecule has 0 atom stereocenters. The van der Waals surface area contributed by atoms with Crippen molar-refractivity contribution in [3.8, 4) is 0 Å². The van der Waals surface area contributed by atoms with E-state index in [0.717, 1.165) is 5.92 Å². The van der Waals surface area contributed by atoms with Gasteiger partial charge in [0, 0.05) is 6.04 Å². The number of hydrogen-bond donors (Lipinski definition) is 1. The van der Waals surface area contributed by atoms with Crippen molar-refractivity contribution < 1.29 is 0 Å². The first-order valence-corrected chi connectivity index (χ1v) is 6.45. The van der Waals surface area contributed by atoms with E-state index in [9.17, 15) is 0 Å². The summed E-state index contributed by atoms with van der Waals surface area (Å²) in [7, 11) is 0. The first kappa shape index (κ1) is 10.8. The van der Waals surface area contributed by atoms with E-state index in [-0.39, 0.29) is 0 Å². The van der Waals surface area contributed by atoms with Gasteiger partial charge in [-0.2, -0.15) is 0 Å². The fourth-order valence-corrected chi connectivity index (χ4v) is 2.83. The molecule has 2 aromatic carbocycles. The average Bonchev–Trinajstić information content (AvgIpc) is 2.27. The minimum Gasteiger partial charge on any atom is -0.328 e. The summed E-state index contributed by atoms with van der Waals surface area (Å²) in [6.07, 6.45) is 3.59. The Kier molecular flexibility index (Phi) is 2.64. The molecule has 1 heteroatoms. The highest BCUT2D eigenvalue weighted by atomic mass is 14.7. The van der Waals surface area contributed by atoms with E-state index in [1.807, 2.05) is 0 Å². The number of hydrogen-bond acceptors (Lipinski definition) is 1. The molecular weight excluding hydrogens is 206 g/mol. The van der Waals surface area contributed by atoms with Crippen LogP contribution in [0, 0.1) is 12.8 Å². The second kappa shape index (κ2) is 4.15. The number of nitrogens with two attached hydrogens (primary N) is 1. The van der Waals surface area contributed by atoms with E-state index in [4.69, 9.17) is 5.73 Å². The minimum atomic E-state index is 0.461. The zero-order valence-electron chi connectivity index (χ0n) is 10.3. The first-order valence-electron chi connectivity index (χ1n) is 6.45. The summed E-state index contributed by atoms with van der Waals surface area (Å²) in [5.74, 6) is 0.813. The topological polar surface area (TPSA) is 26.0 Å². The van der Waals surface area contributed by atoms with Crippen LogP contribution in [-0.4, -0.2) is 6.04 Å². The Morgan fingerprint density at radius 1 is 1.06 bits per heavy atom. The standard InChI is InChI=1S/C16H19N/c1-11-2-4-15-8-12(3-5-14(15)6-11)7-13-9-16(17)10-13/h2-6,8,13,16H,7,9-10,17H2,1H3. The highest BCUT2D eigenvalue weighted by Gasteiger charge is 2.25. The fourth-order valence-electron chi connectivity index (χ4n) is 2.83. The van der Waals surface area contributed by atoms with Crippen molar-refractivity contribution in [1.82, 2.24) is 0 Å². The van der Waals surface area contributed by atoms with Gasteiger partial charge in [0.25, 0.3) is 0 Å². The molecule has 0 heterocycles. The third-order valence-corrected chi connectivity index (χ3v) is 3.86. The molecule has 1 aliphatic carbocycles. The maximum atomic E-state index is 5.83. The SMILES string of the molecule is Cc1ccc2cc(CC3CC(N)C3)ccc2c1. The largest absolute Gasteiger partial charge is 0.328 e. The van der Waals surface area contributed by atoms with E-state index in [1.54, 1.807) is 0 Å². The van der Waals surface area contributed by atoms with Gasteiger partial charge in [-0.15, -0.1) is 0 Å². The number of aryl methyl sites for hydroxylation is 1. The van der Waals surface area contributed by atoms with Crippen molar-refractivity contribution >= 4 is 10.8 Å². The van der Waals surface area contributed by atoms with Crippen LogP contribution in [-0.2, 0) is 6.42 Å². The van der Waals surface area contributed by atoms with Crippen LogP contribution in [0.2, 0.25) is 0 Å². The second-order valence-electron chi connectivity index (χ2n) is 5.49. The lowest BCUT2D eigenvalue weighted by atomic mass is 9.77. The molecule has 0 saturated heterocycles. The normalized spacial score (nSPS) is 23.6. The molecule has 0 amide bonds. The van der Waals surface area contributed by atoms with Crippen LogP contribution in [0.3, 0.4) is 0 Å². The van der Waals surface area contributed by atoms with Crippen LogP contribution in [0.1, 0.15) is 24.0 Å². The van der Waals surface area contributed by atoms with Gasteiger partial charge in [-0.05, 0) is 48.4 Å². The van der Waals surface area contributed by atoms with Gasteiger partial charge < -0.3 is 5.73 Å². The monoisotopic (exact) mass is 225 g/mol. The van der Waals surface area contributed by atoms with Crippen LogP contribution in [0.25, 0.3) is 10.8 Å². The van der Waals surface area contributed by atoms with E-state index >= 15 is 0 Å². The molecule has 2 N–H and O–H groups in total. The molecule has 1 nitrogen and oxygen atoms in total. The smallest absolute Gasteiger partial charge is 0.00443 e. The first-order chi connectivity index (χ1) is 8.20. The number of fused-ring (bicyclic) bond motifs is 1. The van der Waals surface area contributed by atoms with E-state index < -0.39 is 0 Å². The molecule has 0 radical (unpaired) electrons. The molecule has 0 aliphatic heterocycles. The molecule has 0 bridgehead atoms. The van der Waals surface area contributed by atoms with Gasteiger partial charge in [-0.25, -0.2) is 0 Å². The maximum Gasteiger partial charge on any atom is 0.00443 e. The molecule has 0 aromatic heterocycles. The highest BCUT2D eigenvalue weighted by molar-refractivity contribution is 5.83. The van der Waals surface area contributed by atoms with Gasteiger partial charge in [0.15, 0.2) is 0 Å². The molecule has 3 rings (SSSR count). The van der Waals surface area contributed by atoms with Gasteiger partial charge >= 0.3 is 0 Å². The van der Waals surface area contributed by atoms with Crippen molar-refractivity contribution in [2.45, 2.75) is 32.2 Å². The molecule has 2 aromatic rings. The predicted molar refractivity (Wildman–Crippen MR) is 73.1 cm³/mol. The molecule has 1 saturated carbocycles. The lowest BCUT2D eigenvalue weighted by Gasteiger charge is -2.32. The number of rotatable bonds is 2. The molecule has 0 spiro atoms. The summed E-state index contributed by atoms with van der Waals surface area (Å²) in [5, 5.41) is 2.70. The Bertz CT molecular complexity index is 538. The summed E-state index contributed by atoms with van der Waals surface area (Å²) >= 11 is 0. The van der Waals surface area contributed by atoms with Gasteiger partial charge in [0.05, 0.1) is 0 Å². The lowest BCUT2D eigenvalue weighted by molar-refractivity contribution is 0.264. The van der Waals surface area contributed by atoms with Gasteiger partial charge in [-0.1, -0.05) is 42.0 Å². The van der Waals surface area contributed by atoms with Gasteiger partial charge in [0.2, 0.25) is 0 Å². The summed E-state index contributed by atoms with van der Waals surface area (Å²) in [6.45, 7) is 2.14. The fraction of sp³-hybridized carbons (Fsp3) is 0.375. The third kappa shape index (κ3) is 2.20. The third-order valence-electron chi connectivity index (χ3n) is 3.86. The molecular formula is C16H19N. The van der Waals surface area contributed by atoms with Gasteiger partial charge in [0.1, 0.15) is 0 Å². The lowest BCUT2D eigenvalue weighted by Crippen LogP contribution is -2.37. The Morgan fingerprint density at radius 3 is 2.53 bits per heavy atom. The van der Waals surface area contributed by atoms with Crippen molar-refractivity contribution in [3.05, 3.63) is 47.5 Å². The Labute approximate surface area is 103 Å². The van der Waals surface area contributed by atoms with Crippen LogP contribution < -0.4 is 5.73 Å². The molecule has 1 aliphatic rings. The summed E-state index contributed by atoms with van der Waals surface area (Å²) in [4.78, 5) is 0. The van der Waals surface area contributed by atoms with Crippen LogP contribution >= 0.6 is 0 Å². The molecule has 0 unspecified atom stereocenters. The van der Waals surface area contributed by atoms with E-state index in [0.29, 0.717) is 6.04 Å². The zero-order chi connectivity index (χ0) is 11.8. The Balaban J connectivity index is 1.84. The predicted octanol–water partition coefficient (Wildman–Crippen LogP) is 3.43. The van der Waals surface area contributed by atoms with Crippen molar-refractivity contribution in [3.63, 3.8) is 0 Å². The minimum absolute atomic E-state index is 0.461. The van der Waals surface area contributed by atoms with E-state index in [1.165, 1.54) is 41.2 Å².